The Labute approximate surface area is 124 Å². The summed E-state index contributed by atoms with van der Waals surface area (Å²) in [6.07, 6.45) is -6.02. The third kappa shape index (κ3) is 4.04. The molecule has 0 spiro atoms. The van der Waals surface area contributed by atoms with E-state index >= 15 is 0 Å². The van der Waals surface area contributed by atoms with Gasteiger partial charge in [-0.2, -0.15) is 22.0 Å². The van der Waals surface area contributed by atoms with E-state index in [-0.39, 0.29) is 9.09 Å². The highest BCUT2D eigenvalue weighted by atomic mass is 35.7. The van der Waals surface area contributed by atoms with Crippen LogP contribution < -0.4 is 5.32 Å². The standard InChI is InChI=1S/C9H7ClF5NO3S2/c1-4(5-2-3-6(20-5)21(10,18)19)16-7(17)8(11,12)9(13,14)15/h2-4H,1H3,(H,16,17). The molecule has 1 heterocycles. The third-order valence-corrected chi connectivity index (χ3v) is 5.62. The molecule has 1 aromatic heterocycles. The Kier molecular flexibility index (Phi) is 4.91. The molecule has 0 aromatic carbocycles. The van der Waals surface area contributed by atoms with Gasteiger partial charge in [-0.25, -0.2) is 8.42 Å². The summed E-state index contributed by atoms with van der Waals surface area (Å²) in [6.45, 7) is 1.13. The monoisotopic (exact) mass is 371 g/mol. The lowest BCUT2D eigenvalue weighted by Gasteiger charge is -2.21. The van der Waals surface area contributed by atoms with Gasteiger partial charge in [0.1, 0.15) is 4.21 Å². The van der Waals surface area contributed by atoms with Gasteiger partial charge in [0.05, 0.1) is 6.04 Å². The highest BCUT2D eigenvalue weighted by Crippen LogP contribution is 2.36. The van der Waals surface area contributed by atoms with Crippen molar-refractivity contribution in [2.45, 2.75) is 29.3 Å². The molecule has 1 aromatic rings. The van der Waals surface area contributed by atoms with E-state index < -0.39 is 33.1 Å². The van der Waals surface area contributed by atoms with Gasteiger partial charge in [-0.05, 0) is 19.1 Å². The number of amides is 1. The Morgan fingerprint density at radius 3 is 2.19 bits per heavy atom. The molecule has 1 unspecified atom stereocenters. The SMILES string of the molecule is CC(NC(=O)C(F)(F)C(F)(F)F)c1ccc(S(=O)(=O)Cl)s1. The second-order valence-electron chi connectivity index (χ2n) is 3.86. The maximum Gasteiger partial charge on any atom is 0.463 e. The van der Waals surface area contributed by atoms with Crippen molar-refractivity contribution in [3.05, 3.63) is 17.0 Å². The van der Waals surface area contributed by atoms with E-state index in [4.69, 9.17) is 10.7 Å². The minimum absolute atomic E-state index is 0.0561. The van der Waals surface area contributed by atoms with Crippen molar-refractivity contribution in [1.82, 2.24) is 5.32 Å². The lowest BCUT2D eigenvalue weighted by atomic mass is 10.2. The van der Waals surface area contributed by atoms with Crippen molar-refractivity contribution in [2.24, 2.45) is 0 Å². The van der Waals surface area contributed by atoms with Gasteiger partial charge in [0.2, 0.25) is 0 Å². The number of alkyl halides is 5. The predicted molar refractivity (Wildman–Crippen MR) is 64.9 cm³/mol. The van der Waals surface area contributed by atoms with E-state index in [1.807, 2.05) is 0 Å². The van der Waals surface area contributed by atoms with Gasteiger partial charge in [-0.15, -0.1) is 11.3 Å². The van der Waals surface area contributed by atoms with Crippen LogP contribution in [-0.4, -0.2) is 26.4 Å². The largest absolute Gasteiger partial charge is 0.463 e. The average Bonchev–Trinajstić information content (AvgIpc) is 2.75. The van der Waals surface area contributed by atoms with Gasteiger partial charge in [0.15, 0.2) is 0 Å². The molecule has 1 atom stereocenters. The molecule has 0 aliphatic heterocycles. The normalized spacial score (nSPS) is 14.8. The number of carbonyl (C=O) groups excluding carboxylic acids is 1. The summed E-state index contributed by atoms with van der Waals surface area (Å²) in [5.41, 5.74) is 0. The van der Waals surface area contributed by atoms with Gasteiger partial charge in [0.25, 0.3) is 9.05 Å². The lowest BCUT2D eigenvalue weighted by Crippen LogP contribution is -2.50. The van der Waals surface area contributed by atoms with Crippen molar-refractivity contribution in [1.29, 1.82) is 0 Å². The second-order valence-corrected chi connectivity index (χ2v) is 7.77. The Bertz CT molecular complexity index is 640. The highest BCUT2D eigenvalue weighted by Gasteiger charge is 2.63. The van der Waals surface area contributed by atoms with Crippen LogP contribution in [0.5, 0.6) is 0 Å². The molecule has 1 N–H and O–H groups in total. The van der Waals surface area contributed by atoms with Crippen molar-refractivity contribution in [3.8, 4) is 0 Å². The van der Waals surface area contributed by atoms with E-state index in [9.17, 15) is 35.2 Å². The Hall–Kier alpha value is -0.940. The van der Waals surface area contributed by atoms with Gasteiger partial charge in [-0.3, -0.25) is 4.79 Å². The molecule has 0 aliphatic rings. The molecule has 1 amide bonds. The summed E-state index contributed by atoms with van der Waals surface area (Å²) in [4.78, 5) is 11.0. The Morgan fingerprint density at radius 2 is 1.81 bits per heavy atom. The summed E-state index contributed by atoms with van der Waals surface area (Å²) < 4.78 is 83.2. The lowest BCUT2D eigenvalue weighted by molar-refractivity contribution is -0.270. The zero-order valence-corrected chi connectivity index (χ0v) is 12.4. The predicted octanol–water partition coefficient (Wildman–Crippen LogP) is 3.05. The number of hydrogen-bond donors (Lipinski definition) is 1. The van der Waals surface area contributed by atoms with Crippen LogP contribution in [0.25, 0.3) is 0 Å². The van der Waals surface area contributed by atoms with Crippen LogP contribution in [0, 0.1) is 0 Å². The van der Waals surface area contributed by atoms with Gasteiger partial charge >= 0.3 is 18.0 Å². The smallest absolute Gasteiger partial charge is 0.343 e. The van der Waals surface area contributed by atoms with Gasteiger partial charge in [-0.1, -0.05) is 0 Å². The number of rotatable bonds is 4. The molecule has 0 radical (unpaired) electrons. The summed E-state index contributed by atoms with van der Waals surface area (Å²) in [5.74, 6) is -8.06. The van der Waals surface area contributed by atoms with Crippen molar-refractivity contribution in [2.75, 3.05) is 0 Å². The van der Waals surface area contributed by atoms with Gasteiger partial charge in [0, 0.05) is 15.6 Å². The molecular formula is C9H7ClF5NO3S2. The van der Waals surface area contributed by atoms with Crippen LogP contribution in [0.4, 0.5) is 22.0 Å². The Morgan fingerprint density at radius 1 is 1.29 bits per heavy atom. The molecule has 0 saturated heterocycles. The molecule has 0 aliphatic carbocycles. The number of thiophene rings is 1. The van der Waals surface area contributed by atoms with Crippen molar-refractivity contribution in [3.63, 3.8) is 0 Å². The van der Waals surface area contributed by atoms with Crippen LogP contribution in [0.2, 0.25) is 0 Å². The number of hydrogen-bond acceptors (Lipinski definition) is 4. The zero-order valence-electron chi connectivity index (χ0n) is 10.0. The minimum Gasteiger partial charge on any atom is -0.343 e. The second kappa shape index (κ2) is 5.69. The molecular weight excluding hydrogens is 365 g/mol. The molecule has 120 valence electrons. The van der Waals surface area contributed by atoms with Crippen LogP contribution in [0.15, 0.2) is 16.3 Å². The molecule has 0 fully saturated rings. The fourth-order valence-corrected chi connectivity index (χ4v) is 3.28. The maximum absolute atomic E-state index is 12.7. The Balaban J connectivity index is 2.90. The zero-order chi connectivity index (χ0) is 16.6. The summed E-state index contributed by atoms with van der Waals surface area (Å²) in [6, 6.07) is 0.951. The first-order valence-electron chi connectivity index (χ1n) is 5.06. The molecule has 12 heteroatoms. The third-order valence-electron chi connectivity index (χ3n) is 2.26. The maximum atomic E-state index is 12.7. The van der Waals surface area contributed by atoms with Crippen LogP contribution in [0.1, 0.15) is 17.8 Å². The first-order chi connectivity index (χ1) is 9.26. The fourth-order valence-electron chi connectivity index (χ4n) is 1.19. The first kappa shape index (κ1) is 18.1. The number of carbonyl (C=O) groups is 1. The molecule has 1 rings (SSSR count). The van der Waals surface area contributed by atoms with E-state index in [0.717, 1.165) is 19.1 Å². The van der Waals surface area contributed by atoms with Crippen LogP contribution in [-0.2, 0) is 13.8 Å². The number of halogens is 6. The van der Waals surface area contributed by atoms with Gasteiger partial charge < -0.3 is 5.32 Å². The average molecular weight is 372 g/mol. The minimum atomic E-state index is -6.02. The molecule has 4 nitrogen and oxygen atoms in total. The highest BCUT2D eigenvalue weighted by molar-refractivity contribution is 8.15. The molecule has 0 saturated carbocycles. The summed E-state index contributed by atoms with van der Waals surface area (Å²) in [7, 11) is 0.996. The van der Waals surface area contributed by atoms with E-state index in [0.29, 0.717) is 11.3 Å². The van der Waals surface area contributed by atoms with Crippen LogP contribution in [0.3, 0.4) is 0 Å². The van der Waals surface area contributed by atoms with E-state index in [2.05, 4.69) is 0 Å². The van der Waals surface area contributed by atoms with Crippen LogP contribution >= 0.6 is 22.0 Å². The topological polar surface area (TPSA) is 63.2 Å². The first-order valence-corrected chi connectivity index (χ1v) is 8.19. The summed E-state index contributed by atoms with van der Waals surface area (Å²) in [5, 5.41) is 1.47. The van der Waals surface area contributed by atoms with Crippen molar-refractivity contribution < 1.29 is 35.2 Å². The van der Waals surface area contributed by atoms with E-state index in [1.165, 1.54) is 5.32 Å². The molecule has 0 bridgehead atoms. The number of nitrogens with one attached hydrogen (secondary N) is 1. The van der Waals surface area contributed by atoms with Crippen molar-refractivity contribution >= 4 is 37.0 Å². The summed E-state index contributed by atoms with van der Waals surface area (Å²) >= 11 is 0.547. The molecule has 21 heavy (non-hydrogen) atoms. The fraction of sp³-hybridized carbons (Fsp3) is 0.444. The van der Waals surface area contributed by atoms with E-state index in [1.54, 1.807) is 0 Å². The quantitative estimate of drug-likeness (QED) is 0.653.